The molecule has 0 bridgehead atoms. The first-order valence-electron chi connectivity index (χ1n) is 10.5. The lowest BCUT2D eigenvalue weighted by molar-refractivity contribution is 0.940. The first-order valence-corrected chi connectivity index (χ1v) is 10.5. The van der Waals surface area contributed by atoms with Gasteiger partial charge in [0.05, 0.1) is 22.1 Å². The molecule has 0 spiro atoms. The van der Waals surface area contributed by atoms with Crippen LogP contribution in [0.4, 0.5) is 0 Å². The van der Waals surface area contributed by atoms with Crippen molar-refractivity contribution < 1.29 is 0 Å². The number of nitrogens with zero attached hydrogens (tertiary/aromatic N) is 5. The van der Waals surface area contributed by atoms with Crippen molar-refractivity contribution in [2.75, 3.05) is 0 Å². The minimum atomic E-state index is 0.618. The standard InChI is InChI=1S/C27H17N5/c1-2-8-18(9-3-1)31-22-12-6-4-10-19(22)20-14-15-24-25(26(20)31)21-11-5-7-13-23(21)32(24)27-29-16-28-17-30-27/h1-17H. The van der Waals surface area contributed by atoms with Crippen molar-refractivity contribution in [1.82, 2.24) is 24.1 Å². The molecule has 3 heterocycles. The van der Waals surface area contributed by atoms with E-state index in [1.165, 1.54) is 32.6 Å². The Morgan fingerprint density at radius 3 is 1.94 bits per heavy atom. The Balaban J connectivity index is 1.77. The van der Waals surface area contributed by atoms with Crippen LogP contribution in [-0.4, -0.2) is 24.1 Å². The van der Waals surface area contributed by atoms with Gasteiger partial charge in [-0.2, -0.15) is 0 Å². The Morgan fingerprint density at radius 2 is 1.16 bits per heavy atom. The van der Waals surface area contributed by atoms with Gasteiger partial charge in [0.2, 0.25) is 5.95 Å². The number of aromatic nitrogens is 5. The lowest BCUT2D eigenvalue weighted by Crippen LogP contribution is -2.00. The topological polar surface area (TPSA) is 48.5 Å². The zero-order valence-electron chi connectivity index (χ0n) is 17.1. The van der Waals surface area contributed by atoms with Gasteiger partial charge in [0.15, 0.2) is 0 Å². The van der Waals surface area contributed by atoms with Crippen molar-refractivity contribution in [3.63, 3.8) is 0 Å². The summed E-state index contributed by atoms with van der Waals surface area (Å²) in [5, 5.41) is 4.84. The second-order valence-electron chi connectivity index (χ2n) is 7.83. The van der Waals surface area contributed by atoms with Gasteiger partial charge in [-0.15, -0.1) is 0 Å². The van der Waals surface area contributed by atoms with E-state index in [1.54, 1.807) is 12.7 Å². The molecule has 4 aromatic carbocycles. The highest BCUT2D eigenvalue weighted by molar-refractivity contribution is 6.26. The monoisotopic (exact) mass is 411 g/mol. The molecular weight excluding hydrogens is 394 g/mol. The average molecular weight is 411 g/mol. The molecule has 150 valence electrons. The van der Waals surface area contributed by atoms with E-state index in [2.05, 4.69) is 115 Å². The normalized spacial score (nSPS) is 11.8. The second kappa shape index (κ2) is 6.49. The van der Waals surface area contributed by atoms with Gasteiger partial charge in [-0.1, -0.05) is 60.7 Å². The number of hydrogen-bond donors (Lipinski definition) is 0. The summed E-state index contributed by atoms with van der Waals surface area (Å²) >= 11 is 0. The summed E-state index contributed by atoms with van der Waals surface area (Å²) in [7, 11) is 0. The Bertz CT molecular complexity index is 1760. The van der Waals surface area contributed by atoms with Gasteiger partial charge < -0.3 is 4.57 Å². The van der Waals surface area contributed by atoms with Crippen molar-refractivity contribution >= 4 is 43.6 Å². The van der Waals surface area contributed by atoms with Crippen LogP contribution in [0.3, 0.4) is 0 Å². The van der Waals surface area contributed by atoms with Crippen molar-refractivity contribution in [3.05, 3.63) is 104 Å². The smallest absolute Gasteiger partial charge is 0.237 e. The summed E-state index contributed by atoms with van der Waals surface area (Å²) in [6.45, 7) is 0. The summed E-state index contributed by atoms with van der Waals surface area (Å²) in [5.74, 6) is 0.618. The van der Waals surface area contributed by atoms with Crippen LogP contribution in [0.15, 0.2) is 104 Å². The molecule has 32 heavy (non-hydrogen) atoms. The molecule has 0 atom stereocenters. The summed E-state index contributed by atoms with van der Waals surface area (Å²) < 4.78 is 4.50. The molecule has 0 saturated heterocycles. The van der Waals surface area contributed by atoms with E-state index < -0.39 is 0 Å². The van der Waals surface area contributed by atoms with Crippen molar-refractivity contribution in [1.29, 1.82) is 0 Å². The minimum Gasteiger partial charge on any atom is -0.309 e. The molecule has 7 rings (SSSR count). The molecule has 0 saturated carbocycles. The SMILES string of the molecule is c1ccc(-n2c3ccccc3c3ccc4c(c5ccccc5n4-c4ncncn4)c32)cc1. The lowest BCUT2D eigenvalue weighted by atomic mass is 10.1. The number of para-hydroxylation sites is 3. The molecule has 0 aliphatic rings. The maximum Gasteiger partial charge on any atom is 0.237 e. The molecule has 0 aliphatic heterocycles. The maximum atomic E-state index is 4.46. The molecule has 0 radical (unpaired) electrons. The molecule has 3 aromatic heterocycles. The van der Waals surface area contributed by atoms with E-state index in [0.29, 0.717) is 5.95 Å². The van der Waals surface area contributed by atoms with Crippen LogP contribution in [0.2, 0.25) is 0 Å². The molecule has 0 fully saturated rings. The van der Waals surface area contributed by atoms with E-state index in [0.717, 1.165) is 16.7 Å². The molecule has 0 aliphatic carbocycles. The van der Waals surface area contributed by atoms with Gasteiger partial charge in [-0.25, -0.2) is 15.0 Å². The highest BCUT2D eigenvalue weighted by Crippen LogP contribution is 2.41. The van der Waals surface area contributed by atoms with E-state index in [1.807, 2.05) is 0 Å². The fraction of sp³-hybridized carbons (Fsp3) is 0. The number of fused-ring (bicyclic) bond motifs is 7. The summed E-state index contributed by atoms with van der Waals surface area (Å²) in [6.07, 6.45) is 3.09. The first-order chi connectivity index (χ1) is 15.9. The Hall–Kier alpha value is -4.51. The van der Waals surface area contributed by atoms with Crippen molar-refractivity contribution in [2.45, 2.75) is 0 Å². The van der Waals surface area contributed by atoms with Crippen molar-refractivity contribution in [2.24, 2.45) is 0 Å². The van der Waals surface area contributed by atoms with E-state index >= 15 is 0 Å². The third kappa shape index (κ3) is 2.25. The Morgan fingerprint density at radius 1 is 0.500 bits per heavy atom. The number of benzene rings is 4. The van der Waals surface area contributed by atoms with Gasteiger partial charge in [-0.3, -0.25) is 4.57 Å². The largest absolute Gasteiger partial charge is 0.309 e. The van der Waals surface area contributed by atoms with Crippen LogP contribution >= 0.6 is 0 Å². The zero-order valence-corrected chi connectivity index (χ0v) is 17.1. The van der Waals surface area contributed by atoms with Crippen LogP contribution in [-0.2, 0) is 0 Å². The molecule has 5 heteroatoms. The van der Waals surface area contributed by atoms with Gasteiger partial charge in [0.1, 0.15) is 12.7 Å². The lowest BCUT2D eigenvalue weighted by Gasteiger charge is -2.09. The summed E-state index contributed by atoms with van der Waals surface area (Å²) in [4.78, 5) is 12.9. The van der Waals surface area contributed by atoms with E-state index in [9.17, 15) is 0 Å². The van der Waals surface area contributed by atoms with Gasteiger partial charge in [0.25, 0.3) is 0 Å². The first kappa shape index (κ1) is 17.2. The fourth-order valence-corrected chi connectivity index (χ4v) is 4.92. The molecule has 7 aromatic rings. The van der Waals surface area contributed by atoms with Crippen LogP contribution in [0, 0.1) is 0 Å². The fourth-order valence-electron chi connectivity index (χ4n) is 4.92. The second-order valence-corrected chi connectivity index (χ2v) is 7.83. The molecule has 0 amide bonds. The predicted octanol–water partition coefficient (Wildman–Crippen LogP) is 6.07. The van der Waals surface area contributed by atoms with E-state index in [-0.39, 0.29) is 0 Å². The highest BCUT2D eigenvalue weighted by Gasteiger charge is 2.20. The van der Waals surface area contributed by atoms with E-state index in [4.69, 9.17) is 0 Å². The summed E-state index contributed by atoms with van der Waals surface area (Å²) in [5.41, 5.74) is 5.68. The van der Waals surface area contributed by atoms with Gasteiger partial charge in [0, 0.05) is 27.2 Å². The third-order valence-electron chi connectivity index (χ3n) is 6.16. The Labute approximate surface area is 183 Å². The van der Waals surface area contributed by atoms with Gasteiger partial charge >= 0.3 is 0 Å². The van der Waals surface area contributed by atoms with Crippen molar-refractivity contribution in [3.8, 4) is 11.6 Å². The Kier molecular flexibility index (Phi) is 3.49. The van der Waals surface area contributed by atoms with Crippen LogP contribution < -0.4 is 0 Å². The van der Waals surface area contributed by atoms with Crippen LogP contribution in [0.1, 0.15) is 0 Å². The van der Waals surface area contributed by atoms with Gasteiger partial charge in [-0.05, 0) is 30.3 Å². The molecule has 0 unspecified atom stereocenters. The number of rotatable bonds is 2. The molecule has 0 N–H and O–H groups in total. The zero-order chi connectivity index (χ0) is 21.1. The van der Waals surface area contributed by atoms with Crippen LogP contribution in [0.5, 0.6) is 0 Å². The molecular formula is C27H17N5. The quantitative estimate of drug-likeness (QED) is 0.347. The average Bonchev–Trinajstić information content (AvgIpc) is 3.38. The number of hydrogen-bond acceptors (Lipinski definition) is 3. The minimum absolute atomic E-state index is 0.618. The maximum absolute atomic E-state index is 4.46. The van der Waals surface area contributed by atoms with Crippen LogP contribution in [0.25, 0.3) is 55.2 Å². The summed E-state index contributed by atoms with van der Waals surface area (Å²) in [6, 6.07) is 32.0. The molecule has 5 nitrogen and oxygen atoms in total. The highest BCUT2D eigenvalue weighted by atomic mass is 15.2. The third-order valence-corrected chi connectivity index (χ3v) is 6.16. The predicted molar refractivity (Wildman–Crippen MR) is 129 cm³/mol.